The molecule has 0 atom stereocenters. The number of nitrogens with zero attached hydrogens (tertiary/aromatic N) is 2. The summed E-state index contributed by atoms with van der Waals surface area (Å²) in [4.78, 5) is 16.2. The number of carbonyl (C=O) groups is 1. The Morgan fingerprint density at radius 3 is 2.16 bits per heavy atom. The molecule has 1 aromatic rings. The minimum absolute atomic E-state index is 0.105. The summed E-state index contributed by atoms with van der Waals surface area (Å²) in [5.41, 5.74) is 0.990. The van der Waals surface area contributed by atoms with E-state index in [1.54, 1.807) is 0 Å². The number of benzene rings is 1. The Kier molecular flexibility index (Phi) is 7.01. The van der Waals surface area contributed by atoms with Crippen molar-refractivity contribution in [1.82, 2.24) is 4.90 Å². The number of rotatable bonds is 7. The first-order valence-corrected chi connectivity index (χ1v) is 7.28. The predicted octanol–water partition coefficient (Wildman–Crippen LogP) is 4.15. The molecule has 2 amide bonds. The molecule has 3 heteroatoms. The third-order valence-electron chi connectivity index (χ3n) is 3.21. The van der Waals surface area contributed by atoms with Gasteiger partial charge in [0.2, 0.25) is 0 Å². The highest BCUT2D eigenvalue weighted by molar-refractivity contribution is 5.91. The summed E-state index contributed by atoms with van der Waals surface area (Å²) in [5, 5.41) is 0. The molecule has 0 aliphatic rings. The van der Waals surface area contributed by atoms with Crippen LogP contribution in [0.5, 0.6) is 0 Å². The van der Waals surface area contributed by atoms with Crippen LogP contribution in [0.4, 0.5) is 10.5 Å². The standard InChI is InChI=1S/C16H26N2O/c1-4-6-13-17(3)16(19)18(14-7-5-2)15-11-9-8-10-12-15/h8-12H,4-7,13-14H2,1-3H3. The summed E-state index contributed by atoms with van der Waals surface area (Å²) >= 11 is 0. The van der Waals surface area contributed by atoms with E-state index in [9.17, 15) is 4.79 Å². The normalized spacial score (nSPS) is 10.3. The Bertz CT molecular complexity index is 364. The predicted molar refractivity (Wildman–Crippen MR) is 81.6 cm³/mol. The van der Waals surface area contributed by atoms with Crippen LogP contribution >= 0.6 is 0 Å². The van der Waals surface area contributed by atoms with Crippen molar-refractivity contribution in [3.63, 3.8) is 0 Å². The van der Waals surface area contributed by atoms with E-state index in [0.717, 1.165) is 44.5 Å². The van der Waals surface area contributed by atoms with E-state index in [0.29, 0.717) is 0 Å². The molecule has 0 saturated carbocycles. The maximum atomic E-state index is 12.5. The maximum Gasteiger partial charge on any atom is 0.324 e. The zero-order valence-electron chi connectivity index (χ0n) is 12.4. The molecular formula is C16H26N2O. The fourth-order valence-electron chi connectivity index (χ4n) is 1.96. The van der Waals surface area contributed by atoms with Gasteiger partial charge in [0.15, 0.2) is 0 Å². The third-order valence-corrected chi connectivity index (χ3v) is 3.21. The molecule has 106 valence electrons. The molecule has 0 aromatic heterocycles. The highest BCUT2D eigenvalue weighted by atomic mass is 16.2. The lowest BCUT2D eigenvalue weighted by Crippen LogP contribution is -2.42. The summed E-state index contributed by atoms with van der Waals surface area (Å²) in [6.07, 6.45) is 4.29. The molecule has 0 heterocycles. The number of carbonyl (C=O) groups excluding carboxylic acids is 1. The van der Waals surface area contributed by atoms with Crippen molar-refractivity contribution in [3.8, 4) is 0 Å². The van der Waals surface area contributed by atoms with Crippen LogP contribution in [0.25, 0.3) is 0 Å². The van der Waals surface area contributed by atoms with Crippen LogP contribution in [0.3, 0.4) is 0 Å². The minimum atomic E-state index is 0.105. The van der Waals surface area contributed by atoms with Gasteiger partial charge in [-0.05, 0) is 25.0 Å². The van der Waals surface area contributed by atoms with Gasteiger partial charge in [0.25, 0.3) is 0 Å². The van der Waals surface area contributed by atoms with Crippen molar-refractivity contribution >= 4 is 11.7 Å². The fourth-order valence-corrected chi connectivity index (χ4v) is 1.96. The molecule has 0 unspecified atom stereocenters. The van der Waals surface area contributed by atoms with E-state index in [-0.39, 0.29) is 6.03 Å². The minimum Gasteiger partial charge on any atom is -0.327 e. The third kappa shape index (κ3) is 4.93. The zero-order chi connectivity index (χ0) is 14.1. The van der Waals surface area contributed by atoms with E-state index in [1.165, 1.54) is 0 Å². The van der Waals surface area contributed by atoms with Gasteiger partial charge in [-0.25, -0.2) is 4.79 Å². The molecule has 0 N–H and O–H groups in total. The maximum absolute atomic E-state index is 12.5. The SMILES string of the molecule is CCCCN(C)C(=O)N(CCCC)c1ccccc1. The highest BCUT2D eigenvalue weighted by Gasteiger charge is 2.18. The molecule has 0 spiro atoms. The van der Waals surface area contributed by atoms with Crippen molar-refractivity contribution in [1.29, 1.82) is 0 Å². The molecule has 0 aliphatic carbocycles. The van der Waals surface area contributed by atoms with Crippen LogP contribution in [-0.4, -0.2) is 31.1 Å². The summed E-state index contributed by atoms with van der Waals surface area (Å²) < 4.78 is 0. The van der Waals surface area contributed by atoms with Crippen molar-refractivity contribution in [2.75, 3.05) is 25.0 Å². The van der Waals surface area contributed by atoms with Crippen molar-refractivity contribution in [2.45, 2.75) is 39.5 Å². The Morgan fingerprint density at radius 1 is 1.00 bits per heavy atom. The number of hydrogen-bond acceptors (Lipinski definition) is 1. The Balaban J connectivity index is 2.76. The van der Waals surface area contributed by atoms with Crippen LogP contribution in [0, 0.1) is 0 Å². The van der Waals surface area contributed by atoms with Crippen LogP contribution in [0.15, 0.2) is 30.3 Å². The molecule has 1 rings (SSSR count). The second-order valence-corrected chi connectivity index (χ2v) is 4.90. The lowest BCUT2D eigenvalue weighted by atomic mass is 10.2. The van der Waals surface area contributed by atoms with Gasteiger partial charge in [-0.1, -0.05) is 44.9 Å². The van der Waals surface area contributed by atoms with E-state index < -0.39 is 0 Å². The van der Waals surface area contributed by atoms with Gasteiger partial charge in [-0.15, -0.1) is 0 Å². The fraction of sp³-hybridized carbons (Fsp3) is 0.562. The summed E-state index contributed by atoms with van der Waals surface area (Å²) in [6.45, 7) is 5.90. The van der Waals surface area contributed by atoms with Gasteiger partial charge in [0.05, 0.1) is 0 Å². The lowest BCUT2D eigenvalue weighted by molar-refractivity contribution is 0.214. The molecule has 0 bridgehead atoms. The van der Waals surface area contributed by atoms with Crippen molar-refractivity contribution < 1.29 is 4.79 Å². The summed E-state index contributed by atoms with van der Waals surface area (Å²) in [7, 11) is 1.89. The summed E-state index contributed by atoms with van der Waals surface area (Å²) in [6, 6.07) is 10.0. The number of para-hydroxylation sites is 1. The van der Waals surface area contributed by atoms with Gasteiger partial charge < -0.3 is 4.90 Å². The van der Waals surface area contributed by atoms with Gasteiger partial charge in [-0.3, -0.25) is 4.90 Å². The van der Waals surface area contributed by atoms with E-state index in [2.05, 4.69) is 13.8 Å². The first-order valence-electron chi connectivity index (χ1n) is 7.28. The first kappa shape index (κ1) is 15.5. The number of anilines is 1. The molecule has 1 aromatic carbocycles. The molecule has 0 radical (unpaired) electrons. The summed E-state index contributed by atoms with van der Waals surface area (Å²) in [5.74, 6) is 0. The van der Waals surface area contributed by atoms with Gasteiger partial charge in [0.1, 0.15) is 0 Å². The van der Waals surface area contributed by atoms with E-state index in [1.807, 2.05) is 47.2 Å². The van der Waals surface area contributed by atoms with Crippen molar-refractivity contribution in [2.24, 2.45) is 0 Å². The van der Waals surface area contributed by atoms with E-state index >= 15 is 0 Å². The average molecular weight is 262 g/mol. The molecular weight excluding hydrogens is 236 g/mol. The largest absolute Gasteiger partial charge is 0.327 e. The smallest absolute Gasteiger partial charge is 0.324 e. The second kappa shape index (κ2) is 8.57. The Hall–Kier alpha value is -1.51. The number of urea groups is 1. The second-order valence-electron chi connectivity index (χ2n) is 4.90. The first-order chi connectivity index (χ1) is 9.20. The van der Waals surface area contributed by atoms with Crippen molar-refractivity contribution in [3.05, 3.63) is 30.3 Å². The van der Waals surface area contributed by atoms with Crippen LogP contribution in [0.2, 0.25) is 0 Å². The van der Waals surface area contributed by atoms with Gasteiger partial charge in [-0.2, -0.15) is 0 Å². The van der Waals surface area contributed by atoms with Gasteiger partial charge >= 0.3 is 6.03 Å². The average Bonchev–Trinajstić information content (AvgIpc) is 2.46. The number of hydrogen-bond donors (Lipinski definition) is 0. The zero-order valence-corrected chi connectivity index (χ0v) is 12.4. The molecule has 0 aliphatic heterocycles. The van der Waals surface area contributed by atoms with E-state index in [4.69, 9.17) is 0 Å². The molecule has 0 saturated heterocycles. The van der Waals surface area contributed by atoms with Crippen LogP contribution in [-0.2, 0) is 0 Å². The molecule has 0 fully saturated rings. The molecule has 3 nitrogen and oxygen atoms in total. The molecule has 19 heavy (non-hydrogen) atoms. The van der Waals surface area contributed by atoms with Gasteiger partial charge in [0, 0.05) is 25.8 Å². The topological polar surface area (TPSA) is 23.6 Å². The number of unbranched alkanes of at least 4 members (excludes halogenated alkanes) is 2. The Labute approximate surface area is 117 Å². The quantitative estimate of drug-likeness (QED) is 0.724. The highest BCUT2D eigenvalue weighted by Crippen LogP contribution is 2.16. The number of amides is 2. The van der Waals surface area contributed by atoms with Crippen LogP contribution in [0.1, 0.15) is 39.5 Å². The monoisotopic (exact) mass is 262 g/mol. The lowest BCUT2D eigenvalue weighted by Gasteiger charge is -2.28. The van der Waals surface area contributed by atoms with Crippen LogP contribution < -0.4 is 4.90 Å². The Morgan fingerprint density at radius 2 is 1.58 bits per heavy atom.